The van der Waals surface area contributed by atoms with Crippen LogP contribution < -0.4 is 10.1 Å². The average molecular weight is 344 g/mol. The van der Waals surface area contributed by atoms with Crippen molar-refractivity contribution in [3.05, 3.63) is 42.0 Å². The first-order chi connectivity index (χ1) is 12.3. The van der Waals surface area contributed by atoms with Crippen LogP contribution in [-0.4, -0.2) is 47.5 Å². The first-order valence-corrected chi connectivity index (χ1v) is 8.62. The molecule has 0 unspecified atom stereocenters. The zero-order chi connectivity index (χ0) is 17.5. The van der Waals surface area contributed by atoms with Gasteiger partial charge in [0, 0.05) is 32.5 Å². The molecule has 1 amide bonds. The molecule has 0 radical (unpaired) electrons. The van der Waals surface area contributed by atoms with Crippen LogP contribution in [0.2, 0.25) is 0 Å². The Morgan fingerprint density at radius 1 is 1.44 bits per heavy atom. The van der Waals surface area contributed by atoms with E-state index in [0.29, 0.717) is 39.1 Å². The van der Waals surface area contributed by atoms with Gasteiger partial charge in [-0.3, -0.25) is 4.79 Å². The predicted molar refractivity (Wildman–Crippen MR) is 92.4 cm³/mol. The second-order valence-electron chi connectivity index (χ2n) is 6.12. The molecule has 1 aliphatic rings. The summed E-state index contributed by atoms with van der Waals surface area (Å²) in [5.41, 5.74) is 1.10. The molecule has 0 saturated carbocycles. The van der Waals surface area contributed by atoms with Gasteiger partial charge in [0.2, 0.25) is 5.91 Å². The number of fused-ring (bicyclic) bond motifs is 1. The van der Waals surface area contributed by atoms with Crippen molar-refractivity contribution in [1.29, 1.82) is 0 Å². The lowest BCUT2D eigenvalue weighted by Crippen LogP contribution is -2.34. The minimum atomic E-state index is -0.0602. The molecule has 2 heterocycles. The monoisotopic (exact) mass is 344 g/mol. The number of benzene rings is 1. The molecule has 0 bridgehead atoms. The van der Waals surface area contributed by atoms with E-state index in [2.05, 4.69) is 15.5 Å². The summed E-state index contributed by atoms with van der Waals surface area (Å²) >= 11 is 0. The molecular weight excluding hydrogens is 320 g/mol. The lowest BCUT2D eigenvalue weighted by Gasteiger charge is -2.14. The first-order valence-electron chi connectivity index (χ1n) is 8.62. The molecular formula is C18H24N4O3. The van der Waals surface area contributed by atoms with Gasteiger partial charge in [0.1, 0.15) is 17.9 Å². The second kappa shape index (κ2) is 8.62. The largest absolute Gasteiger partial charge is 0.493 e. The van der Waals surface area contributed by atoms with Crippen LogP contribution in [0.3, 0.4) is 0 Å². The number of para-hydroxylation sites is 1. The van der Waals surface area contributed by atoms with E-state index in [4.69, 9.17) is 9.47 Å². The van der Waals surface area contributed by atoms with Crippen LogP contribution in [0.25, 0.3) is 0 Å². The topological polar surface area (TPSA) is 78.3 Å². The van der Waals surface area contributed by atoms with E-state index in [1.165, 1.54) is 0 Å². The third-order valence-electron chi connectivity index (χ3n) is 4.41. The molecule has 0 saturated heterocycles. The lowest BCUT2D eigenvalue weighted by molar-refractivity contribution is -0.125. The van der Waals surface area contributed by atoms with Crippen LogP contribution in [0.4, 0.5) is 0 Å². The zero-order valence-electron chi connectivity index (χ0n) is 14.5. The van der Waals surface area contributed by atoms with Gasteiger partial charge < -0.3 is 19.4 Å². The maximum absolute atomic E-state index is 12.5. The quantitative estimate of drug-likeness (QED) is 0.817. The summed E-state index contributed by atoms with van der Waals surface area (Å²) in [5.74, 6) is 1.76. The SMILES string of the molecule is COCCn1cnnc1CCNC(=O)[C@@H]1CCOc2ccccc2C1. The standard InChI is InChI=1S/C18H24N4O3/c1-24-11-9-22-13-20-21-17(22)6-8-19-18(23)15-7-10-25-16-5-3-2-4-14(16)12-15/h2-5,13,15H,6-12H2,1H3,(H,19,23)/t15-/m1/s1. The first kappa shape index (κ1) is 17.4. The molecule has 2 aromatic rings. The maximum atomic E-state index is 12.5. The Bertz CT molecular complexity index is 701. The molecule has 7 heteroatoms. The highest BCUT2D eigenvalue weighted by Gasteiger charge is 2.23. The van der Waals surface area contributed by atoms with Gasteiger partial charge >= 0.3 is 0 Å². The van der Waals surface area contributed by atoms with E-state index in [-0.39, 0.29) is 11.8 Å². The molecule has 0 aliphatic carbocycles. The zero-order valence-corrected chi connectivity index (χ0v) is 14.5. The number of methoxy groups -OCH3 is 1. The summed E-state index contributed by atoms with van der Waals surface area (Å²) in [7, 11) is 1.67. The summed E-state index contributed by atoms with van der Waals surface area (Å²) in [6.45, 7) is 2.44. The van der Waals surface area contributed by atoms with Crippen LogP contribution in [-0.2, 0) is 28.9 Å². The minimum absolute atomic E-state index is 0.0602. The molecule has 1 aliphatic heterocycles. The molecule has 3 rings (SSSR count). The highest BCUT2D eigenvalue weighted by molar-refractivity contribution is 5.79. The van der Waals surface area contributed by atoms with Crippen molar-refractivity contribution in [2.75, 3.05) is 26.9 Å². The Morgan fingerprint density at radius 2 is 2.32 bits per heavy atom. The van der Waals surface area contributed by atoms with Gasteiger partial charge in [-0.15, -0.1) is 10.2 Å². The molecule has 1 N–H and O–H groups in total. The fourth-order valence-electron chi connectivity index (χ4n) is 3.01. The summed E-state index contributed by atoms with van der Waals surface area (Å²) in [5, 5.41) is 11.1. The molecule has 1 aromatic heterocycles. The Balaban J connectivity index is 1.50. The molecule has 1 atom stereocenters. The number of aromatic nitrogens is 3. The van der Waals surface area contributed by atoms with E-state index in [9.17, 15) is 4.79 Å². The molecule has 0 spiro atoms. The lowest BCUT2D eigenvalue weighted by atomic mass is 9.96. The number of nitrogens with one attached hydrogen (secondary N) is 1. The van der Waals surface area contributed by atoms with Crippen LogP contribution in [0.15, 0.2) is 30.6 Å². The number of hydrogen-bond acceptors (Lipinski definition) is 5. The number of carbonyl (C=O) groups excluding carboxylic acids is 1. The molecule has 1 aromatic carbocycles. The second-order valence-corrected chi connectivity index (χ2v) is 6.12. The number of nitrogens with zero attached hydrogens (tertiary/aromatic N) is 3. The third kappa shape index (κ3) is 4.57. The normalized spacial score (nSPS) is 16.6. The van der Waals surface area contributed by atoms with Crippen molar-refractivity contribution in [3.8, 4) is 5.75 Å². The van der Waals surface area contributed by atoms with E-state index in [1.807, 2.05) is 28.8 Å². The Labute approximate surface area is 147 Å². The van der Waals surface area contributed by atoms with Crippen molar-refractivity contribution in [2.45, 2.75) is 25.8 Å². The fourth-order valence-corrected chi connectivity index (χ4v) is 3.01. The van der Waals surface area contributed by atoms with Gasteiger partial charge in [0.05, 0.1) is 13.2 Å². The van der Waals surface area contributed by atoms with E-state index >= 15 is 0 Å². The van der Waals surface area contributed by atoms with Gasteiger partial charge in [0.25, 0.3) is 0 Å². The third-order valence-corrected chi connectivity index (χ3v) is 4.41. The molecule has 134 valence electrons. The predicted octanol–water partition coefficient (Wildman–Crippen LogP) is 1.22. The number of carbonyl (C=O) groups is 1. The summed E-state index contributed by atoms with van der Waals surface area (Å²) < 4.78 is 12.8. The van der Waals surface area contributed by atoms with Gasteiger partial charge in [-0.1, -0.05) is 18.2 Å². The Kier molecular flexibility index (Phi) is 6.00. The van der Waals surface area contributed by atoms with Crippen LogP contribution in [0.5, 0.6) is 5.75 Å². The van der Waals surface area contributed by atoms with Crippen molar-refractivity contribution >= 4 is 5.91 Å². The maximum Gasteiger partial charge on any atom is 0.223 e. The van der Waals surface area contributed by atoms with Gasteiger partial charge in [-0.2, -0.15) is 0 Å². The van der Waals surface area contributed by atoms with E-state index in [1.54, 1.807) is 13.4 Å². The highest BCUT2D eigenvalue weighted by Crippen LogP contribution is 2.26. The van der Waals surface area contributed by atoms with Gasteiger partial charge in [0.15, 0.2) is 0 Å². The van der Waals surface area contributed by atoms with Crippen molar-refractivity contribution in [2.24, 2.45) is 5.92 Å². The molecule has 0 fully saturated rings. The average Bonchev–Trinajstić information content (AvgIpc) is 2.95. The Hall–Kier alpha value is -2.41. The van der Waals surface area contributed by atoms with E-state index < -0.39 is 0 Å². The van der Waals surface area contributed by atoms with Crippen molar-refractivity contribution in [3.63, 3.8) is 0 Å². The van der Waals surface area contributed by atoms with E-state index in [0.717, 1.165) is 23.6 Å². The molecule has 7 nitrogen and oxygen atoms in total. The van der Waals surface area contributed by atoms with Crippen molar-refractivity contribution in [1.82, 2.24) is 20.1 Å². The van der Waals surface area contributed by atoms with Gasteiger partial charge in [-0.05, 0) is 24.5 Å². The fraction of sp³-hybridized carbons (Fsp3) is 0.500. The number of hydrogen-bond donors (Lipinski definition) is 1. The van der Waals surface area contributed by atoms with Crippen molar-refractivity contribution < 1.29 is 14.3 Å². The minimum Gasteiger partial charge on any atom is -0.493 e. The van der Waals surface area contributed by atoms with Crippen LogP contribution in [0.1, 0.15) is 17.8 Å². The molecule has 25 heavy (non-hydrogen) atoms. The summed E-state index contributed by atoms with van der Waals surface area (Å²) in [6.07, 6.45) is 3.78. The smallest absolute Gasteiger partial charge is 0.223 e. The highest BCUT2D eigenvalue weighted by atomic mass is 16.5. The number of amides is 1. The number of ether oxygens (including phenoxy) is 2. The Morgan fingerprint density at radius 3 is 3.20 bits per heavy atom. The summed E-state index contributed by atoms with van der Waals surface area (Å²) in [4.78, 5) is 12.5. The van der Waals surface area contributed by atoms with Crippen LogP contribution in [0, 0.1) is 5.92 Å². The number of rotatable bonds is 7. The summed E-state index contributed by atoms with van der Waals surface area (Å²) in [6, 6.07) is 7.93. The van der Waals surface area contributed by atoms with Gasteiger partial charge in [-0.25, -0.2) is 0 Å². The van der Waals surface area contributed by atoms with Crippen LogP contribution >= 0.6 is 0 Å².